The minimum absolute atomic E-state index is 0.343. The van der Waals surface area contributed by atoms with E-state index in [1.807, 2.05) is 19.1 Å². The number of aliphatic carboxylic acids is 1. The Hall–Kier alpha value is -0.540. The number of hydrogen-bond acceptors (Lipinski definition) is 2. The minimum atomic E-state index is -0.686. The molecule has 2 rings (SSSR count). The summed E-state index contributed by atoms with van der Waals surface area (Å²) in [5.41, 5.74) is -0.603. The maximum Gasteiger partial charge on any atom is 0.309 e. The summed E-state index contributed by atoms with van der Waals surface area (Å²) in [6, 6.07) is 3.76. The molecule has 0 amide bonds. The second kappa shape index (κ2) is 3.80. The van der Waals surface area contributed by atoms with Crippen LogP contribution in [0.2, 0.25) is 4.34 Å². The van der Waals surface area contributed by atoms with Crippen molar-refractivity contribution in [2.45, 2.75) is 26.2 Å². The summed E-state index contributed by atoms with van der Waals surface area (Å²) in [4.78, 5) is 12.4. The molecular formula is C11H13ClO2S. The predicted molar refractivity (Wildman–Crippen MR) is 61.5 cm³/mol. The topological polar surface area (TPSA) is 37.3 Å². The van der Waals surface area contributed by atoms with Crippen molar-refractivity contribution in [3.05, 3.63) is 21.3 Å². The Kier molecular flexibility index (Phi) is 2.77. The fraction of sp³-hybridized carbons (Fsp3) is 0.545. The lowest BCUT2D eigenvalue weighted by molar-refractivity contribution is -0.149. The van der Waals surface area contributed by atoms with Crippen molar-refractivity contribution in [3.8, 4) is 0 Å². The van der Waals surface area contributed by atoms with Gasteiger partial charge in [0.05, 0.1) is 9.75 Å². The lowest BCUT2D eigenvalue weighted by Gasteiger charge is -2.23. The van der Waals surface area contributed by atoms with Crippen LogP contribution in [0.5, 0.6) is 0 Å². The number of carboxylic acid groups (broad SMARTS) is 1. The number of carbonyl (C=O) groups is 1. The van der Waals surface area contributed by atoms with E-state index in [-0.39, 0.29) is 0 Å². The lowest BCUT2D eigenvalue weighted by atomic mass is 9.81. The summed E-state index contributed by atoms with van der Waals surface area (Å²) in [5, 5.41) is 9.28. The highest BCUT2D eigenvalue weighted by molar-refractivity contribution is 7.16. The molecule has 1 fully saturated rings. The van der Waals surface area contributed by atoms with E-state index in [1.165, 1.54) is 11.3 Å². The maximum atomic E-state index is 11.3. The summed E-state index contributed by atoms with van der Waals surface area (Å²) in [6.07, 6.45) is 2.69. The summed E-state index contributed by atoms with van der Waals surface area (Å²) in [5.74, 6) is -0.342. The van der Waals surface area contributed by atoms with Gasteiger partial charge in [-0.25, -0.2) is 0 Å². The summed E-state index contributed by atoms with van der Waals surface area (Å²) in [6.45, 7) is 1.85. The van der Waals surface area contributed by atoms with Crippen LogP contribution in [0.1, 0.15) is 24.6 Å². The van der Waals surface area contributed by atoms with Gasteiger partial charge in [-0.15, -0.1) is 11.3 Å². The zero-order chi connectivity index (χ0) is 11.1. The molecule has 0 radical (unpaired) electrons. The molecule has 1 aromatic heterocycles. The minimum Gasteiger partial charge on any atom is -0.481 e. The molecule has 2 nitrogen and oxygen atoms in total. The normalized spacial score (nSPS) is 19.9. The monoisotopic (exact) mass is 244 g/mol. The fourth-order valence-corrected chi connectivity index (χ4v) is 3.18. The second-order valence-electron chi connectivity index (χ2n) is 4.38. The van der Waals surface area contributed by atoms with Gasteiger partial charge >= 0.3 is 5.97 Å². The first kappa shape index (κ1) is 11.0. The third-order valence-electron chi connectivity index (χ3n) is 3.14. The van der Waals surface area contributed by atoms with Gasteiger partial charge < -0.3 is 5.11 Å². The van der Waals surface area contributed by atoms with Crippen LogP contribution in [-0.2, 0) is 11.2 Å². The Morgan fingerprint density at radius 1 is 1.67 bits per heavy atom. The van der Waals surface area contributed by atoms with Crippen molar-refractivity contribution in [1.82, 2.24) is 0 Å². The molecule has 15 heavy (non-hydrogen) atoms. The average molecular weight is 245 g/mol. The van der Waals surface area contributed by atoms with Crippen molar-refractivity contribution >= 4 is 28.9 Å². The van der Waals surface area contributed by atoms with Crippen LogP contribution in [0, 0.1) is 11.3 Å². The molecule has 1 saturated carbocycles. The highest BCUT2D eigenvalue weighted by Gasteiger charge is 2.47. The molecule has 82 valence electrons. The van der Waals surface area contributed by atoms with Crippen LogP contribution < -0.4 is 0 Å². The number of carboxylic acids is 1. The maximum absolute atomic E-state index is 11.3. The van der Waals surface area contributed by atoms with Gasteiger partial charge in [-0.3, -0.25) is 4.79 Å². The van der Waals surface area contributed by atoms with Gasteiger partial charge in [0, 0.05) is 4.88 Å². The summed E-state index contributed by atoms with van der Waals surface area (Å²) >= 11 is 7.31. The third-order valence-corrected chi connectivity index (χ3v) is 4.37. The smallest absolute Gasteiger partial charge is 0.309 e. The second-order valence-corrected chi connectivity index (χ2v) is 6.18. The first-order chi connectivity index (χ1) is 7.02. The van der Waals surface area contributed by atoms with Crippen LogP contribution in [-0.4, -0.2) is 11.1 Å². The SMILES string of the molecule is CC(Cc1ccc(Cl)s1)(C(=O)O)C1CC1. The van der Waals surface area contributed by atoms with Gasteiger partial charge in [-0.1, -0.05) is 11.6 Å². The molecule has 0 spiro atoms. The van der Waals surface area contributed by atoms with E-state index in [1.54, 1.807) is 0 Å². The standard InChI is InChI=1S/C11H13ClO2S/c1-11(10(13)14,7-2-3-7)6-8-4-5-9(12)15-8/h4-5,7H,2-3,6H2,1H3,(H,13,14). The highest BCUT2D eigenvalue weighted by Crippen LogP contribution is 2.48. The molecule has 1 heterocycles. The van der Waals surface area contributed by atoms with Crippen molar-refractivity contribution in [2.75, 3.05) is 0 Å². The number of hydrogen-bond donors (Lipinski definition) is 1. The molecule has 0 saturated heterocycles. The van der Waals surface area contributed by atoms with E-state index in [4.69, 9.17) is 11.6 Å². The molecule has 4 heteroatoms. The van der Waals surface area contributed by atoms with E-state index >= 15 is 0 Å². The van der Waals surface area contributed by atoms with Crippen LogP contribution in [0.25, 0.3) is 0 Å². The molecule has 1 aromatic rings. The molecule has 0 aliphatic heterocycles. The third kappa shape index (κ3) is 2.18. The van der Waals surface area contributed by atoms with Crippen LogP contribution >= 0.6 is 22.9 Å². The molecular weight excluding hydrogens is 232 g/mol. The summed E-state index contributed by atoms with van der Waals surface area (Å²) in [7, 11) is 0. The Morgan fingerprint density at radius 2 is 2.33 bits per heavy atom. The Labute approximate surface area is 97.9 Å². The van der Waals surface area contributed by atoms with Gasteiger partial charge in [0.1, 0.15) is 0 Å². The molecule has 0 aromatic carbocycles. The van der Waals surface area contributed by atoms with Crippen LogP contribution in [0.4, 0.5) is 0 Å². The van der Waals surface area contributed by atoms with Gasteiger partial charge in [-0.2, -0.15) is 0 Å². The Bertz CT molecular complexity index is 384. The molecule has 1 atom stereocenters. The van der Waals surface area contributed by atoms with Crippen LogP contribution in [0.15, 0.2) is 12.1 Å². The molecule has 1 unspecified atom stereocenters. The fourth-order valence-electron chi connectivity index (χ4n) is 1.92. The number of thiophene rings is 1. The lowest BCUT2D eigenvalue weighted by Crippen LogP contribution is -2.32. The average Bonchev–Trinajstić information content (AvgIpc) is 2.92. The van der Waals surface area contributed by atoms with Gasteiger partial charge in [0.2, 0.25) is 0 Å². The summed E-state index contributed by atoms with van der Waals surface area (Å²) < 4.78 is 0.730. The zero-order valence-electron chi connectivity index (χ0n) is 8.50. The molecule has 1 N–H and O–H groups in total. The van der Waals surface area contributed by atoms with E-state index in [0.29, 0.717) is 12.3 Å². The van der Waals surface area contributed by atoms with Gasteiger partial charge in [-0.05, 0) is 44.2 Å². The molecule has 1 aliphatic rings. The highest BCUT2D eigenvalue weighted by atomic mass is 35.5. The predicted octanol–water partition coefficient (Wildman–Crippen LogP) is 3.44. The van der Waals surface area contributed by atoms with Crippen molar-refractivity contribution in [3.63, 3.8) is 0 Å². The molecule has 0 bridgehead atoms. The number of halogens is 1. The van der Waals surface area contributed by atoms with Gasteiger partial charge in [0.25, 0.3) is 0 Å². The van der Waals surface area contributed by atoms with E-state index in [9.17, 15) is 9.90 Å². The van der Waals surface area contributed by atoms with Crippen molar-refractivity contribution in [2.24, 2.45) is 11.3 Å². The first-order valence-electron chi connectivity index (χ1n) is 5.00. The zero-order valence-corrected chi connectivity index (χ0v) is 10.1. The van der Waals surface area contributed by atoms with Gasteiger partial charge in [0.15, 0.2) is 0 Å². The van der Waals surface area contributed by atoms with E-state index in [2.05, 4.69) is 0 Å². The number of rotatable bonds is 4. The quantitative estimate of drug-likeness (QED) is 0.881. The van der Waals surface area contributed by atoms with Crippen LogP contribution in [0.3, 0.4) is 0 Å². The largest absolute Gasteiger partial charge is 0.481 e. The Morgan fingerprint density at radius 3 is 2.73 bits per heavy atom. The molecule has 1 aliphatic carbocycles. The van der Waals surface area contributed by atoms with Crippen molar-refractivity contribution < 1.29 is 9.90 Å². The first-order valence-corrected chi connectivity index (χ1v) is 6.19. The van der Waals surface area contributed by atoms with E-state index < -0.39 is 11.4 Å². The van der Waals surface area contributed by atoms with Crippen molar-refractivity contribution in [1.29, 1.82) is 0 Å². The van der Waals surface area contributed by atoms with E-state index in [0.717, 1.165) is 22.1 Å². The Balaban J connectivity index is 2.16.